The zero-order valence-electron chi connectivity index (χ0n) is 11.4. The lowest BCUT2D eigenvalue weighted by Gasteiger charge is -2.23. The minimum absolute atomic E-state index is 0.0636. The molecule has 3 N–H and O–H groups in total. The van der Waals surface area contributed by atoms with E-state index in [1.54, 1.807) is 18.6 Å². The number of primary amides is 1. The minimum atomic E-state index is -0.319. The number of thiazole rings is 1. The largest absolute Gasteiger partial charge is 0.369 e. The lowest BCUT2D eigenvalue weighted by atomic mass is 10.1. The number of nitrogens with one attached hydrogen (secondary N) is 1. The highest BCUT2D eigenvalue weighted by Crippen LogP contribution is 2.34. The Morgan fingerprint density at radius 2 is 2.24 bits per heavy atom. The molecule has 2 aromatic rings. The first-order valence-electron chi connectivity index (χ1n) is 6.74. The van der Waals surface area contributed by atoms with E-state index >= 15 is 0 Å². The number of nitrogens with zero attached hydrogens (tertiary/aromatic N) is 4. The number of anilines is 2. The van der Waals surface area contributed by atoms with Crippen LogP contribution in [0.4, 0.5) is 10.9 Å². The quantitative estimate of drug-likeness (QED) is 0.864. The predicted molar refractivity (Wildman–Crippen MR) is 80.2 cm³/mol. The van der Waals surface area contributed by atoms with Gasteiger partial charge in [0.15, 0.2) is 10.9 Å². The molecule has 2 aromatic heterocycles. The fourth-order valence-corrected chi connectivity index (χ4v) is 3.13. The van der Waals surface area contributed by atoms with E-state index in [1.165, 1.54) is 11.3 Å². The van der Waals surface area contributed by atoms with E-state index in [4.69, 9.17) is 5.73 Å². The van der Waals surface area contributed by atoms with Gasteiger partial charge in [0.05, 0.1) is 12.6 Å². The van der Waals surface area contributed by atoms with Crippen LogP contribution < -0.4 is 11.1 Å². The van der Waals surface area contributed by atoms with E-state index in [2.05, 4.69) is 25.2 Å². The third-order valence-electron chi connectivity index (χ3n) is 3.42. The van der Waals surface area contributed by atoms with Crippen molar-refractivity contribution in [3.63, 3.8) is 0 Å². The number of carbonyl (C=O) groups excluding carboxylic acids is 1. The summed E-state index contributed by atoms with van der Waals surface area (Å²) in [6, 6.07) is 0.0636. The molecule has 3 heterocycles. The molecule has 7 nitrogen and oxygen atoms in total. The highest BCUT2D eigenvalue weighted by Gasteiger charge is 2.30. The van der Waals surface area contributed by atoms with Crippen LogP contribution >= 0.6 is 11.3 Å². The molecule has 1 aliphatic heterocycles. The number of nitrogens with two attached hydrogens (primary N) is 1. The molecule has 0 unspecified atom stereocenters. The van der Waals surface area contributed by atoms with Gasteiger partial charge in [0.2, 0.25) is 5.91 Å². The molecule has 0 bridgehead atoms. The van der Waals surface area contributed by atoms with Crippen LogP contribution in [0, 0.1) is 0 Å². The van der Waals surface area contributed by atoms with Crippen molar-refractivity contribution in [2.24, 2.45) is 5.73 Å². The van der Waals surface area contributed by atoms with E-state index in [9.17, 15) is 4.79 Å². The fraction of sp³-hybridized carbons (Fsp3) is 0.385. The number of hydrogen-bond donors (Lipinski definition) is 2. The van der Waals surface area contributed by atoms with Crippen molar-refractivity contribution >= 4 is 28.2 Å². The lowest BCUT2D eigenvalue weighted by Crippen LogP contribution is -2.34. The van der Waals surface area contributed by atoms with Crippen LogP contribution in [-0.2, 0) is 4.79 Å². The molecule has 0 radical (unpaired) electrons. The standard InChI is InChI=1S/C13H16N6OS/c14-10(20)8-19-6-1-2-9(19)11-12(16-4-3-15-11)18-13-17-5-7-21-13/h3-5,7,9H,1-2,6,8H2,(H2,14,20)(H,16,17,18)/t9-/m1/s1. The minimum Gasteiger partial charge on any atom is -0.369 e. The number of hydrogen-bond acceptors (Lipinski definition) is 7. The van der Waals surface area contributed by atoms with E-state index in [0.717, 1.165) is 30.2 Å². The summed E-state index contributed by atoms with van der Waals surface area (Å²) in [6.45, 7) is 1.10. The van der Waals surface area contributed by atoms with Gasteiger partial charge in [0, 0.05) is 24.0 Å². The molecule has 0 spiro atoms. The Kier molecular flexibility index (Phi) is 4.07. The molecule has 1 atom stereocenters. The van der Waals surface area contributed by atoms with Gasteiger partial charge in [-0.05, 0) is 19.4 Å². The van der Waals surface area contributed by atoms with Crippen molar-refractivity contribution in [2.75, 3.05) is 18.4 Å². The maximum absolute atomic E-state index is 11.2. The molecule has 0 saturated carbocycles. The Balaban J connectivity index is 1.85. The normalized spacial score (nSPS) is 18.8. The molecule has 1 saturated heterocycles. The van der Waals surface area contributed by atoms with E-state index in [1.807, 2.05) is 5.38 Å². The molecule has 1 fully saturated rings. The molecule has 1 aliphatic rings. The molecule has 8 heteroatoms. The summed E-state index contributed by atoms with van der Waals surface area (Å²) in [5.41, 5.74) is 6.16. The second-order valence-electron chi connectivity index (χ2n) is 4.85. The first kappa shape index (κ1) is 13.9. The van der Waals surface area contributed by atoms with Gasteiger partial charge in [-0.15, -0.1) is 11.3 Å². The first-order valence-corrected chi connectivity index (χ1v) is 7.62. The molecule has 3 rings (SSSR count). The van der Waals surface area contributed by atoms with Crippen molar-refractivity contribution < 1.29 is 4.79 Å². The van der Waals surface area contributed by atoms with Crippen LogP contribution in [0.1, 0.15) is 24.6 Å². The van der Waals surface area contributed by atoms with Crippen molar-refractivity contribution in [3.05, 3.63) is 29.7 Å². The van der Waals surface area contributed by atoms with Gasteiger partial charge < -0.3 is 11.1 Å². The van der Waals surface area contributed by atoms with Gasteiger partial charge in [-0.1, -0.05) is 0 Å². The third-order valence-corrected chi connectivity index (χ3v) is 4.11. The van der Waals surface area contributed by atoms with Crippen LogP contribution in [0.2, 0.25) is 0 Å². The molecule has 21 heavy (non-hydrogen) atoms. The summed E-state index contributed by atoms with van der Waals surface area (Å²) >= 11 is 1.50. The van der Waals surface area contributed by atoms with Gasteiger partial charge in [-0.3, -0.25) is 14.7 Å². The van der Waals surface area contributed by atoms with Crippen LogP contribution in [0.15, 0.2) is 24.0 Å². The van der Waals surface area contributed by atoms with Gasteiger partial charge in [-0.2, -0.15) is 0 Å². The highest BCUT2D eigenvalue weighted by atomic mass is 32.1. The van der Waals surface area contributed by atoms with Gasteiger partial charge in [0.25, 0.3) is 0 Å². The lowest BCUT2D eigenvalue weighted by molar-refractivity contribution is -0.119. The molecule has 0 aliphatic carbocycles. The monoisotopic (exact) mass is 304 g/mol. The molecule has 0 aromatic carbocycles. The second kappa shape index (κ2) is 6.15. The van der Waals surface area contributed by atoms with Crippen LogP contribution in [-0.4, -0.2) is 38.8 Å². The first-order chi connectivity index (χ1) is 10.2. The van der Waals surface area contributed by atoms with Crippen LogP contribution in [0.25, 0.3) is 0 Å². The Bertz CT molecular complexity index is 617. The van der Waals surface area contributed by atoms with Gasteiger partial charge >= 0.3 is 0 Å². The highest BCUT2D eigenvalue weighted by molar-refractivity contribution is 7.13. The number of aromatic nitrogens is 3. The van der Waals surface area contributed by atoms with Crippen molar-refractivity contribution in [3.8, 4) is 0 Å². The van der Waals surface area contributed by atoms with E-state index < -0.39 is 0 Å². The summed E-state index contributed by atoms with van der Waals surface area (Å²) in [7, 11) is 0. The van der Waals surface area contributed by atoms with Gasteiger partial charge in [0.1, 0.15) is 5.69 Å². The zero-order chi connectivity index (χ0) is 14.7. The average molecular weight is 304 g/mol. The average Bonchev–Trinajstić information content (AvgIpc) is 3.11. The van der Waals surface area contributed by atoms with Crippen LogP contribution in [0.3, 0.4) is 0 Å². The zero-order valence-corrected chi connectivity index (χ0v) is 12.2. The molecule has 110 valence electrons. The Labute approximate surface area is 126 Å². The Morgan fingerprint density at radius 1 is 1.38 bits per heavy atom. The van der Waals surface area contributed by atoms with E-state index in [-0.39, 0.29) is 18.5 Å². The number of rotatable bonds is 5. The third kappa shape index (κ3) is 3.17. The number of carbonyl (C=O) groups is 1. The number of likely N-dealkylation sites (tertiary alicyclic amines) is 1. The van der Waals surface area contributed by atoms with Gasteiger partial charge in [-0.25, -0.2) is 9.97 Å². The van der Waals surface area contributed by atoms with Crippen LogP contribution in [0.5, 0.6) is 0 Å². The smallest absolute Gasteiger partial charge is 0.231 e. The molecule has 1 amide bonds. The molecular formula is C13H16N6OS. The SMILES string of the molecule is NC(=O)CN1CCC[C@@H]1c1nccnc1Nc1nccs1. The molecular weight excluding hydrogens is 288 g/mol. The second-order valence-corrected chi connectivity index (χ2v) is 5.74. The maximum atomic E-state index is 11.2. The summed E-state index contributed by atoms with van der Waals surface area (Å²) < 4.78 is 0. The van der Waals surface area contributed by atoms with E-state index in [0.29, 0.717) is 5.82 Å². The Morgan fingerprint density at radius 3 is 3.00 bits per heavy atom. The Hall–Kier alpha value is -2.06. The summed E-state index contributed by atoms with van der Waals surface area (Å²) in [6.07, 6.45) is 7.01. The van der Waals surface area contributed by atoms with Crippen molar-refractivity contribution in [2.45, 2.75) is 18.9 Å². The topological polar surface area (TPSA) is 97.0 Å². The summed E-state index contributed by atoms with van der Waals surface area (Å²) in [5, 5.41) is 5.86. The van der Waals surface area contributed by atoms with Crippen molar-refractivity contribution in [1.29, 1.82) is 0 Å². The number of amides is 1. The fourth-order valence-electron chi connectivity index (χ4n) is 2.60. The predicted octanol–water partition coefficient (Wildman–Crippen LogP) is 1.30. The summed E-state index contributed by atoms with van der Waals surface area (Å²) in [4.78, 5) is 26.3. The maximum Gasteiger partial charge on any atom is 0.231 e. The summed E-state index contributed by atoms with van der Waals surface area (Å²) in [5.74, 6) is 0.369. The van der Waals surface area contributed by atoms with Crippen molar-refractivity contribution in [1.82, 2.24) is 19.9 Å².